The number of nitrogens with zero attached hydrogens (tertiary/aromatic N) is 4. The molecule has 0 aliphatic heterocycles. The summed E-state index contributed by atoms with van der Waals surface area (Å²) in [5.74, 6) is 0.263. The minimum atomic E-state index is -0.170. The zero-order valence-corrected chi connectivity index (χ0v) is 15.4. The van der Waals surface area contributed by atoms with Crippen molar-refractivity contribution >= 4 is 28.7 Å². The number of aryl methyl sites for hydroxylation is 3. The lowest BCUT2D eigenvalue weighted by Gasteiger charge is -2.08. The van der Waals surface area contributed by atoms with Gasteiger partial charge in [0, 0.05) is 11.3 Å². The van der Waals surface area contributed by atoms with Crippen molar-refractivity contribution in [3.05, 3.63) is 77.2 Å². The van der Waals surface area contributed by atoms with Crippen LogP contribution in [0.3, 0.4) is 0 Å². The number of hydrogen-bond donors (Lipinski definition) is 1. The fourth-order valence-corrected chi connectivity index (χ4v) is 2.85. The number of hydrogen-bond acceptors (Lipinski definition) is 5. The molecule has 2 aromatic carbocycles. The lowest BCUT2D eigenvalue weighted by Crippen LogP contribution is -2.12. The summed E-state index contributed by atoms with van der Waals surface area (Å²) in [6.45, 7) is 5.88. The number of anilines is 2. The van der Waals surface area contributed by atoms with E-state index in [4.69, 9.17) is 0 Å². The van der Waals surface area contributed by atoms with Gasteiger partial charge in [-0.15, -0.1) is 0 Å². The SMILES string of the molecule is Cc1ccc(Nc2nc(C)c3ncn(C(=O)c4ccc(C)cc4)c3n2)cc1. The van der Waals surface area contributed by atoms with Gasteiger partial charge in [0.2, 0.25) is 5.95 Å². The minimum absolute atomic E-state index is 0.170. The summed E-state index contributed by atoms with van der Waals surface area (Å²) >= 11 is 0. The van der Waals surface area contributed by atoms with Crippen LogP contribution in [-0.4, -0.2) is 25.4 Å². The molecule has 2 aromatic heterocycles. The summed E-state index contributed by atoms with van der Waals surface area (Å²) in [5, 5.41) is 3.19. The minimum Gasteiger partial charge on any atom is -0.324 e. The maximum absolute atomic E-state index is 12.9. The van der Waals surface area contributed by atoms with Gasteiger partial charge in [-0.3, -0.25) is 4.79 Å². The second-order valence-electron chi connectivity index (χ2n) is 6.58. The molecule has 4 aromatic rings. The molecular weight excluding hydrogens is 338 g/mol. The average Bonchev–Trinajstić information content (AvgIpc) is 3.08. The third-order valence-corrected chi connectivity index (χ3v) is 4.40. The average molecular weight is 357 g/mol. The van der Waals surface area contributed by atoms with E-state index in [1.54, 1.807) is 0 Å². The van der Waals surface area contributed by atoms with Crippen LogP contribution in [0.2, 0.25) is 0 Å². The Bertz CT molecular complexity index is 1130. The highest BCUT2D eigenvalue weighted by Gasteiger charge is 2.16. The van der Waals surface area contributed by atoms with Gasteiger partial charge in [0.05, 0.1) is 5.69 Å². The topological polar surface area (TPSA) is 72.7 Å². The third kappa shape index (κ3) is 3.29. The Labute approximate surface area is 156 Å². The molecule has 0 aliphatic carbocycles. The number of nitrogens with one attached hydrogen (secondary N) is 1. The maximum Gasteiger partial charge on any atom is 0.264 e. The van der Waals surface area contributed by atoms with E-state index >= 15 is 0 Å². The normalized spacial score (nSPS) is 10.9. The van der Waals surface area contributed by atoms with Gasteiger partial charge < -0.3 is 5.32 Å². The van der Waals surface area contributed by atoms with E-state index in [1.165, 1.54) is 16.5 Å². The first-order chi connectivity index (χ1) is 13.0. The smallest absolute Gasteiger partial charge is 0.264 e. The van der Waals surface area contributed by atoms with E-state index < -0.39 is 0 Å². The van der Waals surface area contributed by atoms with Gasteiger partial charge in [0.15, 0.2) is 5.65 Å². The van der Waals surface area contributed by atoms with E-state index in [2.05, 4.69) is 20.3 Å². The van der Waals surface area contributed by atoms with Crippen molar-refractivity contribution in [2.24, 2.45) is 0 Å². The van der Waals surface area contributed by atoms with Gasteiger partial charge in [-0.25, -0.2) is 14.5 Å². The largest absolute Gasteiger partial charge is 0.324 e. The van der Waals surface area contributed by atoms with Gasteiger partial charge in [-0.05, 0) is 45.0 Å². The van der Waals surface area contributed by atoms with Crippen molar-refractivity contribution < 1.29 is 4.79 Å². The van der Waals surface area contributed by atoms with E-state index in [0.717, 1.165) is 11.3 Å². The molecule has 27 heavy (non-hydrogen) atoms. The second kappa shape index (κ2) is 6.64. The van der Waals surface area contributed by atoms with Crippen LogP contribution in [0.4, 0.5) is 11.6 Å². The zero-order chi connectivity index (χ0) is 19.0. The Hall–Kier alpha value is -3.54. The molecule has 0 amide bonds. The monoisotopic (exact) mass is 357 g/mol. The number of rotatable bonds is 3. The first-order valence-electron chi connectivity index (χ1n) is 8.68. The van der Waals surface area contributed by atoms with Gasteiger partial charge in [-0.2, -0.15) is 4.98 Å². The van der Waals surface area contributed by atoms with Crippen LogP contribution in [0.1, 0.15) is 27.2 Å². The van der Waals surface area contributed by atoms with Crippen LogP contribution in [0, 0.1) is 20.8 Å². The molecule has 6 heteroatoms. The Morgan fingerprint density at radius 3 is 2.19 bits per heavy atom. The highest BCUT2D eigenvalue weighted by molar-refractivity contribution is 6.00. The molecule has 0 radical (unpaired) electrons. The van der Waals surface area contributed by atoms with Gasteiger partial charge in [-0.1, -0.05) is 35.4 Å². The first-order valence-corrected chi connectivity index (χ1v) is 8.68. The standard InChI is InChI=1S/C21H19N5O/c1-13-4-8-16(9-5-13)20(27)26-12-22-18-15(3)23-21(25-19(18)26)24-17-10-6-14(2)7-11-17/h4-12H,1-3H3,(H,23,24,25). The summed E-state index contributed by atoms with van der Waals surface area (Å²) in [4.78, 5) is 26.2. The van der Waals surface area contributed by atoms with Crippen LogP contribution in [0.5, 0.6) is 0 Å². The van der Waals surface area contributed by atoms with Crippen molar-refractivity contribution in [1.29, 1.82) is 0 Å². The highest BCUT2D eigenvalue weighted by Crippen LogP contribution is 2.20. The third-order valence-electron chi connectivity index (χ3n) is 4.40. The van der Waals surface area contributed by atoms with Gasteiger partial charge in [0.1, 0.15) is 11.8 Å². The second-order valence-corrected chi connectivity index (χ2v) is 6.58. The molecule has 0 unspecified atom stereocenters. The summed E-state index contributed by atoms with van der Waals surface area (Å²) in [6, 6.07) is 15.4. The summed E-state index contributed by atoms with van der Waals surface area (Å²) in [5.41, 5.74) is 5.57. The van der Waals surface area contributed by atoms with Crippen LogP contribution in [0.15, 0.2) is 54.9 Å². The van der Waals surface area contributed by atoms with E-state index in [-0.39, 0.29) is 5.91 Å². The van der Waals surface area contributed by atoms with Crippen molar-refractivity contribution in [2.75, 3.05) is 5.32 Å². The van der Waals surface area contributed by atoms with Crippen molar-refractivity contribution in [2.45, 2.75) is 20.8 Å². The fraction of sp³-hybridized carbons (Fsp3) is 0.143. The lowest BCUT2D eigenvalue weighted by molar-refractivity contribution is 0.0964. The van der Waals surface area contributed by atoms with Crippen LogP contribution >= 0.6 is 0 Å². The predicted molar refractivity (Wildman–Crippen MR) is 105 cm³/mol. The Balaban J connectivity index is 1.74. The summed E-state index contributed by atoms with van der Waals surface area (Å²) in [6.07, 6.45) is 1.50. The molecular formula is C21H19N5O. The molecule has 134 valence electrons. The molecule has 1 N–H and O–H groups in total. The fourth-order valence-electron chi connectivity index (χ4n) is 2.85. The number of benzene rings is 2. The lowest BCUT2D eigenvalue weighted by atomic mass is 10.1. The summed E-state index contributed by atoms with van der Waals surface area (Å²) in [7, 11) is 0. The van der Waals surface area contributed by atoms with Gasteiger partial charge in [0.25, 0.3) is 5.91 Å². The molecule has 0 saturated carbocycles. The van der Waals surface area contributed by atoms with Crippen molar-refractivity contribution in [3.8, 4) is 0 Å². The van der Waals surface area contributed by atoms with E-state index in [1.807, 2.05) is 69.3 Å². The molecule has 0 aliphatic rings. The summed E-state index contributed by atoms with van der Waals surface area (Å²) < 4.78 is 1.47. The Kier molecular flexibility index (Phi) is 4.16. The number of imidazole rings is 1. The molecule has 4 rings (SSSR count). The molecule has 0 atom stereocenters. The molecule has 0 bridgehead atoms. The van der Waals surface area contributed by atoms with Crippen molar-refractivity contribution in [1.82, 2.24) is 19.5 Å². The number of carbonyl (C=O) groups is 1. The predicted octanol–water partition coefficient (Wildman–Crippen LogP) is 4.18. The van der Waals surface area contributed by atoms with E-state index in [9.17, 15) is 4.79 Å². The van der Waals surface area contributed by atoms with Gasteiger partial charge >= 0.3 is 0 Å². The van der Waals surface area contributed by atoms with Crippen LogP contribution in [0.25, 0.3) is 11.2 Å². The van der Waals surface area contributed by atoms with E-state index in [0.29, 0.717) is 28.4 Å². The number of aromatic nitrogens is 4. The van der Waals surface area contributed by atoms with Crippen molar-refractivity contribution in [3.63, 3.8) is 0 Å². The zero-order valence-electron chi connectivity index (χ0n) is 15.4. The van der Waals surface area contributed by atoms with Crippen LogP contribution in [-0.2, 0) is 0 Å². The molecule has 0 saturated heterocycles. The Morgan fingerprint density at radius 2 is 1.52 bits per heavy atom. The number of carbonyl (C=O) groups excluding carboxylic acids is 1. The molecule has 2 heterocycles. The first kappa shape index (κ1) is 16.9. The number of fused-ring (bicyclic) bond motifs is 1. The molecule has 0 spiro atoms. The van der Waals surface area contributed by atoms with Crippen LogP contribution < -0.4 is 5.32 Å². The molecule has 6 nitrogen and oxygen atoms in total. The maximum atomic E-state index is 12.9. The quantitative estimate of drug-likeness (QED) is 0.595. The molecule has 0 fully saturated rings. The Morgan fingerprint density at radius 1 is 0.889 bits per heavy atom. The highest BCUT2D eigenvalue weighted by atomic mass is 16.2.